The predicted octanol–water partition coefficient (Wildman–Crippen LogP) is 1.67. The van der Waals surface area contributed by atoms with Crippen LogP contribution in [0.2, 0.25) is 0 Å². The molecule has 3 nitrogen and oxygen atoms in total. The number of aromatic nitrogens is 2. The minimum Gasteiger partial charge on any atom is -0.399 e. The Morgan fingerprint density at radius 1 is 1.15 bits per heavy atom. The van der Waals surface area contributed by atoms with Gasteiger partial charge in [0.05, 0.1) is 5.69 Å². The van der Waals surface area contributed by atoms with Gasteiger partial charge in [0.25, 0.3) is 0 Å². The zero-order valence-electron chi connectivity index (χ0n) is 7.44. The molecule has 1 aromatic carbocycles. The van der Waals surface area contributed by atoms with Gasteiger partial charge in [-0.2, -0.15) is 5.10 Å². The van der Waals surface area contributed by atoms with E-state index < -0.39 is 0 Å². The molecule has 0 atom stereocenters. The van der Waals surface area contributed by atoms with E-state index in [1.54, 1.807) is 4.68 Å². The van der Waals surface area contributed by atoms with Gasteiger partial charge in [0.15, 0.2) is 0 Å². The SMILES string of the molecule is Cn1ccc(-c2ccc(N)cc2)n1. The summed E-state index contributed by atoms with van der Waals surface area (Å²) in [5.41, 5.74) is 8.43. The molecule has 0 aliphatic carbocycles. The summed E-state index contributed by atoms with van der Waals surface area (Å²) in [6.45, 7) is 0. The predicted molar refractivity (Wildman–Crippen MR) is 53.1 cm³/mol. The molecule has 0 saturated carbocycles. The van der Waals surface area contributed by atoms with Gasteiger partial charge in [-0.3, -0.25) is 4.68 Å². The zero-order valence-corrected chi connectivity index (χ0v) is 7.44. The molecule has 2 N–H and O–H groups in total. The molecule has 0 fully saturated rings. The largest absolute Gasteiger partial charge is 0.399 e. The smallest absolute Gasteiger partial charge is 0.0923 e. The fourth-order valence-corrected chi connectivity index (χ4v) is 1.22. The molecule has 0 spiro atoms. The van der Waals surface area contributed by atoms with E-state index in [1.807, 2.05) is 43.6 Å². The number of nitrogen functional groups attached to an aromatic ring is 1. The lowest BCUT2D eigenvalue weighted by atomic mass is 10.1. The van der Waals surface area contributed by atoms with E-state index in [2.05, 4.69) is 5.10 Å². The molecule has 0 saturated heterocycles. The van der Waals surface area contributed by atoms with Gasteiger partial charge in [0, 0.05) is 24.5 Å². The molecule has 2 aromatic rings. The lowest BCUT2D eigenvalue weighted by Crippen LogP contribution is -1.88. The third-order valence-electron chi connectivity index (χ3n) is 1.92. The normalized spacial score (nSPS) is 10.2. The summed E-state index contributed by atoms with van der Waals surface area (Å²) in [5, 5.41) is 4.29. The molecular formula is C10H11N3. The highest BCUT2D eigenvalue weighted by atomic mass is 15.2. The van der Waals surface area contributed by atoms with Crippen LogP contribution >= 0.6 is 0 Å². The summed E-state index contributed by atoms with van der Waals surface area (Å²) in [5.74, 6) is 0. The van der Waals surface area contributed by atoms with Gasteiger partial charge >= 0.3 is 0 Å². The van der Waals surface area contributed by atoms with E-state index >= 15 is 0 Å². The Morgan fingerprint density at radius 3 is 2.38 bits per heavy atom. The Balaban J connectivity index is 2.41. The Morgan fingerprint density at radius 2 is 1.85 bits per heavy atom. The van der Waals surface area contributed by atoms with E-state index in [1.165, 1.54) is 0 Å². The fraction of sp³-hybridized carbons (Fsp3) is 0.100. The highest BCUT2D eigenvalue weighted by molar-refractivity contribution is 5.61. The first kappa shape index (κ1) is 7.86. The molecule has 1 aromatic heterocycles. The average molecular weight is 173 g/mol. The van der Waals surface area contributed by atoms with Crippen LogP contribution in [-0.2, 0) is 7.05 Å². The lowest BCUT2D eigenvalue weighted by molar-refractivity contribution is 0.771. The summed E-state index contributed by atoms with van der Waals surface area (Å²) in [6.07, 6.45) is 1.92. The molecule has 0 radical (unpaired) electrons. The van der Waals surface area contributed by atoms with Crippen molar-refractivity contribution in [3.63, 3.8) is 0 Å². The summed E-state index contributed by atoms with van der Waals surface area (Å²) < 4.78 is 1.78. The fourth-order valence-electron chi connectivity index (χ4n) is 1.22. The van der Waals surface area contributed by atoms with Crippen LogP contribution in [0.15, 0.2) is 36.5 Å². The summed E-state index contributed by atoms with van der Waals surface area (Å²) in [6, 6.07) is 9.68. The highest BCUT2D eigenvalue weighted by Gasteiger charge is 1.99. The van der Waals surface area contributed by atoms with Crippen molar-refractivity contribution in [3.8, 4) is 11.3 Å². The molecule has 13 heavy (non-hydrogen) atoms. The molecular weight excluding hydrogens is 162 g/mol. The van der Waals surface area contributed by atoms with Crippen LogP contribution in [0.5, 0.6) is 0 Å². The van der Waals surface area contributed by atoms with E-state index in [4.69, 9.17) is 5.73 Å². The Labute approximate surface area is 76.8 Å². The van der Waals surface area contributed by atoms with Crippen molar-refractivity contribution in [2.24, 2.45) is 7.05 Å². The molecule has 0 aliphatic rings. The number of anilines is 1. The van der Waals surface area contributed by atoms with E-state index in [0.29, 0.717) is 0 Å². The van der Waals surface area contributed by atoms with Crippen LogP contribution in [-0.4, -0.2) is 9.78 Å². The molecule has 2 rings (SSSR count). The minimum absolute atomic E-state index is 0.777. The van der Waals surface area contributed by atoms with Crippen LogP contribution in [0.4, 0.5) is 5.69 Å². The topological polar surface area (TPSA) is 43.8 Å². The van der Waals surface area contributed by atoms with Gasteiger partial charge in [-0.1, -0.05) is 12.1 Å². The van der Waals surface area contributed by atoms with E-state index in [0.717, 1.165) is 16.9 Å². The summed E-state index contributed by atoms with van der Waals surface area (Å²) >= 11 is 0. The first-order chi connectivity index (χ1) is 6.25. The zero-order chi connectivity index (χ0) is 9.26. The van der Waals surface area contributed by atoms with Crippen molar-refractivity contribution in [3.05, 3.63) is 36.5 Å². The Bertz CT molecular complexity index is 400. The second-order valence-electron chi connectivity index (χ2n) is 3.00. The van der Waals surface area contributed by atoms with Crippen LogP contribution in [0.25, 0.3) is 11.3 Å². The van der Waals surface area contributed by atoms with Gasteiger partial charge < -0.3 is 5.73 Å². The minimum atomic E-state index is 0.777. The third-order valence-corrected chi connectivity index (χ3v) is 1.92. The maximum atomic E-state index is 5.58. The lowest BCUT2D eigenvalue weighted by Gasteiger charge is -1.96. The quantitative estimate of drug-likeness (QED) is 0.666. The number of nitrogens with zero attached hydrogens (tertiary/aromatic N) is 2. The van der Waals surface area contributed by atoms with Crippen molar-refractivity contribution in [2.75, 3.05) is 5.73 Å². The van der Waals surface area contributed by atoms with Gasteiger partial charge in [0.2, 0.25) is 0 Å². The number of rotatable bonds is 1. The van der Waals surface area contributed by atoms with Gasteiger partial charge in [-0.05, 0) is 18.2 Å². The molecule has 66 valence electrons. The maximum absolute atomic E-state index is 5.58. The second-order valence-corrected chi connectivity index (χ2v) is 3.00. The van der Waals surface area contributed by atoms with Crippen molar-refractivity contribution in [1.82, 2.24) is 9.78 Å². The number of nitrogens with two attached hydrogens (primary N) is 1. The molecule has 1 heterocycles. The summed E-state index contributed by atoms with van der Waals surface area (Å²) in [7, 11) is 1.90. The van der Waals surface area contributed by atoms with Crippen LogP contribution in [0.1, 0.15) is 0 Å². The van der Waals surface area contributed by atoms with Crippen LogP contribution < -0.4 is 5.73 Å². The van der Waals surface area contributed by atoms with Crippen molar-refractivity contribution >= 4 is 5.69 Å². The summed E-state index contributed by atoms with van der Waals surface area (Å²) in [4.78, 5) is 0. The highest BCUT2D eigenvalue weighted by Crippen LogP contribution is 2.17. The second kappa shape index (κ2) is 2.94. The third kappa shape index (κ3) is 1.54. The molecule has 0 aliphatic heterocycles. The van der Waals surface area contributed by atoms with Gasteiger partial charge in [0.1, 0.15) is 0 Å². The van der Waals surface area contributed by atoms with E-state index in [9.17, 15) is 0 Å². The molecule has 0 unspecified atom stereocenters. The molecule has 3 heteroatoms. The van der Waals surface area contributed by atoms with Crippen molar-refractivity contribution in [1.29, 1.82) is 0 Å². The number of hydrogen-bond donors (Lipinski definition) is 1. The Kier molecular flexibility index (Phi) is 1.77. The number of hydrogen-bond acceptors (Lipinski definition) is 2. The first-order valence-corrected chi connectivity index (χ1v) is 4.11. The van der Waals surface area contributed by atoms with E-state index in [-0.39, 0.29) is 0 Å². The Hall–Kier alpha value is -1.77. The van der Waals surface area contributed by atoms with Gasteiger partial charge in [-0.25, -0.2) is 0 Å². The first-order valence-electron chi connectivity index (χ1n) is 4.11. The molecule has 0 amide bonds. The van der Waals surface area contributed by atoms with Crippen molar-refractivity contribution in [2.45, 2.75) is 0 Å². The average Bonchev–Trinajstić information content (AvgIpc) is 2.53. The standard InChI is InChI=1S/C10H11N3/c1-13-7-6-10(12-13)8-2-4-9(11)5-3-8/h2-7H,11H2,1H3. The maximum Gasteiger partial charge on any atom is 0.0923 e. The molecule has 0 bridgehead atoms. The van der Waals surface area contributed by atoms with Crippen LogP contribution in [0, 0.1) is 0 Å². The van der Waals surface area contributed by atoms with Gasteiger partial charge in [-0.15, -0.1) is 0 Å². The van der Waals surface area contributed by atoms with Crippen molar-refractivity contribution < 1.29 is 0 Å². The monoisotopic (exact) mass is 173 g/mol. The number of benzene rings is 1. The number of aryl methyl sites for hydroxylation is 1. The van der Waals surface area contributed by atoms with Crippen LogP contribution in [0.3, 0.4) is 0 Å².